The van der Waals surface area contributed by atoms with Crippen LogP contribution in [0.2, 0.25) is 0 Å². The van der Waals surface area contributed by atoms with Gasteiger partial charge in [-0.05, 0) is 35.1 Å². The van der Waals surface area contributed by atoms with Gasteiger partial charge >= 0.3 is 0 Å². The molecular formula is C15H19NO. The predicted molar refractivity (Wildman–Crippen MR) is 69.8 cm³/mol. The molecule has 0 aliphatic carbocycles. The Kier molecular flexibility index (Phi) is 3.32. The Morgan fingerprint density at radius 1 is 1.47 bits per heavy atom. The van der Waals surface area contributed by atoms with E-state index < -0.39 is 0 Å². The summed E-state index contributed by atoms with van der Waals surface area (Å²) in [6, 6.07) is 6.47. The zero-order valence-electron chi connectivity index (χ0n) is 10.6. The number of carbonyl (C=O) groups excluding carboxylic acids is 1. The van der Waals surface area contributed by atoms with Crippen molar-refractivity contribution < 1.29 is 4.79 Å². The lowest BCUT2D eigenvalue weighted by atomic mass is 9.89. The third-order valence-electron chi connectivity index (χ3n) is 3.42. The standard InChI is InChI=1S/C15H19NO/c1-4-15(17)16-9-8-12-6-5-7-13(11(2)3)14(12)10-16/h4-7,11H,1,8-10H2,2-3H3. The van der Waals surface area contributed by atoms with E-state index in [4.69, 9.17) is 0 Å². The lowest BCUT2D eigenvalue weighted by Gasteiger charge is -2.30. The summed E-state index contributed by atoms with van der Waals surface area (Å²) in [5, 5.41) is 0. The molecule has 1 aliphatic rings. The first kappa shape index (κ1) is 11.9. The van der Waals surface area contributed by atoms with Crippen LogP contribution in [0.5, 0.6) is 0 Å². The molecule has 0 N–H and O–H groups in total. The summed E-state index contributed by atoms with van der Waals surface area (Å²) in [6.07, 6.45) is 2.36. The minimum Gasteiger partial charge on any atom is -0.334 e. The van der Waals surface area contributed by atoms with Crippen LogP contribution in [0, 0.1) is 0 Å². The van der Waals surface area contributed by atoms with Crippen molar-refractivity contribution in [2.24, 2.45) is 0 Å². The van der Waals surface area contributed by atoms with Crippen molar-refractivity contribution in [2.45, 2.75) is 32.7 Å². The van der Waals surface area contributed by atoms with Gasteiger partial charge < -0.3 is 4.90 Å². The molecule has 0 unspecified atom stereocenters. The summed E-state index contributed by atoms with van der Waals surface area (Å²) < 4.78 is 0. The molecule has 1 amide bonds. The second kappa shape index (κ2) is 4.74. The lowest BCUT2D eigenvalue weighted by molar-refractivity contribution is -0.126. The smallest absolute Gasteiger partial charge is 0.246 e. The van der Waals surface area contributed by atoms with Crippen molar-refractivity contribution in [3.05, 3.63) is 47.5 Å². The minimum absolute atomic E-state index is 0.0363. The quantitative estimate of drug-likeness (QED) is 0.714. The number of fused-ring (bicyclic) bond motifs is 1. The van der Waals surface area contributed by atoms with E-state index in [0.29, 0.717) is 5.92 Å². The van der Waals surface area contributed by atoms with E-state index in [1.165, 1.54) is 22.8 Å². The largest absolute Gasteiger partial charge is 0.334 e. The van der Waals surface area contributed by atoms with Crippen molar-refractivity contribution in [1.82, 2.24) is 4.90 Å². The molecule has 0 aromatic heterocycles. The van der Waals surface area contributed by atoms with Gasteiger partial charge in [-0.15, -0.1) is 0 Å². The fraction of sp³-hybridized carbons (Fsp3) is 0.400. The first-order valence-corrected chi connectivity index (χ1v) is 6.15. The van der Waals surface area contributed by atoms with Crippen LogP contribution >= 0.6 is 0 Å². The Morgan fingerprint density at radius 3 is 2.88 bits per heavy atom. The molecule has 2 rings (SSSR count). The molecule has 1 aromatic rings. The van der Waals surface area contributed by atoms with E-state index in [-0.39, 0.29) is 5.91 Å². The number of rotatable bonds is 2. The van der Waals surface area contributed by atoms with E-state index in [1.54, 1.807) is 0 Å². The van der Waals surface area contributed by atoms with Crippen LogP contribution in [0.15, 0.2) is 30.9 Å². The second-order valence-corrected chi connectivity index (χ2v) is 4.85. The van der Waals surface area contributed by atoms with E-state index in [1.807, 2.05) is 4.90 Å². The lowest BCUT2D eigenvalue weighted by Crippen LogP contribution is -2.35. The summed E-state index contributed by atoms with van der Waals surface area (Å²) in [7, 11) is 0. The van der Waals surface area contributed by atoms with Gasteiger partial charge in [-0.2, -0.15) is 0 Å². The molecule has 1 aliphatic heterocycles. The number of hydrogen-bond acceptors (Lipinski definition) is 1. The van der Waals surface area contributed by atoms with Crippen LogP contribution in [-0.2, 0) is 17.8 Å². The number of benzene rings is 1. The number of nitrogens with zero attached hydrogens (tertiary/aromatic N) is 1. The van der Waals surface area contributed by atoms with Crippen LogP contribution in [0.1, 0.15) is 36.5 Å². The molecule has 2 nitrogen and oxygen atoms in total. The fourth-order valence-corrected chi connectivity index (χ4v) is 2.47. The monoisotopic (exact) mass is 229 g/mol. The van der Waals surface area contributed by atoms with Crippen LogP contribution < -0.4 is 0 Å². The normalized spacial score (nSPS) is 14.6. The Labute approximate surface area is 103 Å². The summed E-state index contributed by atoms with van der Waals surface area (Å²) in [5.41, 5.74) is 4.09. The molecule has 1 heterocycles. The van der Waals surface area contributed by atoms with Gasteiger partial charge in [0, 0.05) is 13.1 Å². The van der Waals surface area contributed by atoms with Gasteiger partial charge in [0.25, 0.3) is 0 Å². The van der Waals surface area contributed by atoms with Crippen LogP contribution in [0.4, 0.5) is 0 Å². The Hall–Kier alpha value is -1.57. The highest BCUT2D eigenvalue weighted by molar-refractivity contribution is 5.87. The number of carbonyl (C=O) groups is 1. The van der Waals surface area contributed by atoms with Crippen molar-refractivity contribution in [3.63, 3.8) is 0 Å². The maximum atomic E-state index is 11.7. The maximum absolute atomic E-state index is 11.7. The predicted octanol–water partition coefficient (Wildman–Crippen LogP) is 2.88. The highest BCUT2D eigenvalue weighted by Gasteiger charge is 2.21. The topological polar surface area (TPSA) is 20.3 Å². The van der Waals surface area contributed by atoms with Crippen molar-refractivity contribution >= 4 is 5.91 Å². The first-order valence-electron chi connectivity index (χ1n) is 6.15. The summed E-state index contributed by atoms with van der Waals surface area (Å²) in [6.45, 7) is 9.49. The number of hydrogen-bond donors (Lipinski definition) is 0. The molecule has 0 spiro atoms. The minimum atomic E-state index is 0.0363. The third kappa shape index (κ3) is 2.26. The Morgan fingerprint density at radius 2 is 2.24 bits per heavy atom. The second-order valence-electron chi connectivity index (χ2n) is 4.85. The Bertz CT molecular complexity index is 448. The average Bonchev–Trinajstić information content (AvgIpc) is 2.36. The van der Waals surface area contributed by atoms with E-state index in [2.05, 4.69) is 38.6 Å². The number of amides is 1. The van der Waals surface area contributed by atoms with Crippen molar-refractivity contribution in [1.29, 1.82) is 0 Å². The molecule has 0 atom stereocenters. The van der Waals surface area contributed by atoms with Crippen LogP contribution in [0.3, 0.4) is 0 Å². The maximum Gasteiger partial charge on any atom is 0.246 e. The molecular weight excluding hydrogens is 210 g/mol. The average molecular weight is 229 g/mol. The molecule has 0 saturated heterocycles. The van der Waals surface area contributed by atoms with Gasteiger partial charge in [0.15, 0.2) is 0 Å². The summed E-state index contributed by atoms with van der Waals surface area (Å²) in [4.78, 5) is 13.5. The van der Waals surface area contributed by atoms with Gasteiger partial charge in [-0.1, -0.05) is 38.6 Å². The molecule has 1 aromatic carbocycles. The van der Waals surface area contributed by atoms with Gasteiger partial charge in [-0.25, -0.2) is 0 Å². The summed E-state index contributed by atoms with van der Waals surface area (Å²) >= 11 is 0. The van der Waals surface area contributed by atoms with Crippen LogP contribution in [0.25, 0.3) is 0 Å². The summed E-state index contributed by atoms with van der Waals surface area (Å²) in [5.74, 6) is 0.540. The van der Waals surface area contributed by atoms with Crippen molar-refractivity contribution in [2.75, 3.05) is 6.54 Å². The van der Waals surface area contributed by atoms with Gasteiger partial charge in [-0.3, -0.25) is 4.79 Å². The Balaban J connectivity index is 2.35. The van der Waals surface area contributed by atoms with E-state index in [9.17, 15) is 4.79 Å². The molecule has 0 bridgehead atoms. The zero-order chi connectivity index (χ0) is 12.4. The van der Waals surface area contributed by atoms with Crippen LogP contribution in [-0.4, -0.2) is 17.4 Å². The highest BCUT2D eigenvalue weighted by atomic mass is 16.2. The van der Waals surface area contributed by atoms with Gasteiger partial charge in [0.1, 0.15) is 0 Å². The van der Waals surface area contributed by atoms with Gasteiger partial charge in [0.05, 0.1) is 0 Å². The molecule has 0 saturated carbocycles. The van der Waals surface area contributed by atoms with E-state index >= 15 is 0 Å². The molecule has 90 valence electrons. The van der Waals surface area contributed by atoms with Crippen molar-refractivity contribution in [3.8, 4) is 0 Å². The SMILES string of the molecule is C=CC(=O)N1CCc2cccc(C(C)C)c2C1. The molecule has 0 radical (unpaired) electrons. The first-order chi connectivity index (χ1) is 8.13. The third-order valence-corrected chi connectivity index (χ3v) is 3.42. The highest BCUT2D eigenvalue weighted by Crippen LogP contribution is 2.27. The van der Waals surface area contributed by atoms with Gasteiger partial charge in [0.2, 0.25) is 5.91 Å². The molecule has 0 fully saturated rings. The van der Waals surface area contributed by atoms with E-state index in [0.717, 1.165) is 19.5 Å². The molecule has 17 heavy (non-hydrogen) atoms. The fourth-order valence-electron chi connectivity index (χ4n) is 2.47. The molecule has 2 heteroatoms. The zero-order valence-corrected chi connectivity index (χ0v) is 10.6.